The highest BCUT2D eigenvalue weighted by atomic mass is 16.5. The number of morpholine rings is 1. The van der Waals surface area contributed by atoms with Crippen molar-refractivity contribution in [2.45, 2.75) is 26.3 Å². The molecule has 2 heterocycles. The van der Waals surface area contributed by atoms with Crippen molar-refractivity contribution in [3.8, 4) is 0 Å². The molecule has 0 spiro atoms. The third kappa shape index (κ3) is 4.07. The first-order valence-corrected chi connectivity index (χ1v) is 7.48. The maximum atomic E-state index is 12.1. The molecular formula is C14H25N3O4. The topological polar surface area (TPSA) is 82.1 Å². The molecule has 2 saturated heterocycles. The van der Waals surface area contributed by atoms with Crippen molar-refractivity contribution in [1.29, 1.82) is 0 Å². The molecule has 2 rings (SSSR count). The van der Waals surface area contributed by atoms with E-state index < -0.39 is 11.4 Å². The van der Waals surface area contributed by atoms with Crippen LogP contribution in [0.4, 0.5) is 4.79 Å². The summed E-state index contributed by atoms with van der Waals surface area (Å²) in [7, 11) is 0. The zero-order chi connectivity index (χ0) is 15.5. The number of carboxylic acid groups (broad SMARTS) is 1. The number of carboxylic acids is 1. The zero-order valence-corrected chi connectivity index (χ0v) is 12.8. The van der Waals surface area contributed by atoms with Gasteiger partial charge in [0.1, 0.15) is 0 Å². The maximum absolute atomic E-state index is 12.1. The lowest BCUT2D eigenvalue weighted by Crippen LogP contribution is -2.47. The van der Waals surface area contributed by atoms with Crippen LogP contribution in [0, 0.1) is 5.41 Å². The van der Waals surface area contributed by atoms with Crippen LogP contribution in [0.3, 0.4) is 0 Å². The second kappa shape index (κ2) is 6.62. The van der Waals surface area contributed by atoms with E-state index in [1.807, 2.05) is 0 Å². The average Bonchev–Trinajstić information content (AvgIpc) is 2.95. The number of rotatable bonds is 4. The van der Waals surface area contributed by atoms with Crippen molar-refractivity contribution < 1.29 is 19.4 Å². The van der Waals surface area contributed by atoms with E-state index in [4.69, 9.17) is 9.84 Å². The number of urea groups is 1. The molecule has 2 aliphatic heterocycles. The second-order valence-corrected chi connectivity index (χ2v) is 6.38. The number of hydrogen-bond donors (Lipinski definition) is 2. The molecule has 2 aliphatic rings. The van der Waals surface area contributed by atoms with Crippen LogP contribution >= 0.6 is 0 Å². The SMILES string of the molecule is CC(C)(CNC(=O)N1CCC(N2CCOCC2)C1)C(=O)O. The molecule has 0 aliphatic carbocycles. The quantitative estimate of drug-likeness (QED) is 0.775. The highest BCUT2D eigenvalue weighted by molar-refractivity contribution is 5.77. The minimum atomic E-state index is -0.945. The third-order valence-corrected chi connectivity index (χ3v) is 4.27. The van der Waals surface area contributed by atoms with Crippen LogP contribution < -0.4 is 5.32 Å². The molecule has 0 aromatic heterocycles. The number of carbonyl (C=O) groups excluding carboxylic acids is 1. The molecule has 0 aromatic carbocycles. The van der Waals surface area contributed by atoms with Gasteiger partial charge in [0.25, 0.3) is 0 Å². The molecule has 7 nitrogen and oxygen atoms in total. The number of ether oxygens (including phenoxy) is 1. The van der Waals surface area contributed by atoms with Gasteiger partial charge in [-0.2, -0.15) is 0 Å². The lowest BCUT2D eigenvalue weighted by molar-refractivity contribution is -0.146. The number of nitrogens with one attached hydrogen (secondary N) is 1. The van der Waals surface area contributed by atoms with Crippen LogP contribution in [0.1, 0.15) is 20.3 Å². The Morgan fingerprint density at radius 2 is 1.95 bits per heavy atom. The summed E-state index contributed by atoms with van der Waals surface area (Å²) in [6, 6.07) is 0.229. The molecule has 7 heteroatoms. The summed E-state index contributed by atoms with van der Waals surface area (Å²) in [5.41, 5.74) is -0.945. The Balaban J connectivity index is 1.78. The summed E-state index contributed by atoms with van der Waals surface area (Å²) >= 11 is 0. The molecule has 1 atom stereocenters. The molecule has 21 heavy (non-hydrogen) atoms. The van der Waals surface area contributed by atoms with Crippen LogP contribution in [-0.4, -0.2) is 78.9 Å². The summed E-state index contributed by atoms with van der Waals surface area (Å²) in [6.07, 6.45) is 0.968. The molecule has 0 saturated carbocycles. The fraction of sp³-hybridized carbons (Fsp3) is 0.857. The van der Waals surface area contributed by atoms with E-state index in [0.29, 0.717) is 12.6 Å². The standard InChI is InChI=1S/C14H25N3O4/c1-14(2,12(18)19)10-15-13(20)17-4-3-11(9-17)16-5-7-21-8-6-16/h11H,3-10H2,1-2H3,(H,15,20)(H,18,19). The lowest BCUT2D eigenvalue weighted by Gasteiger charge is -2.32. The van der Waals surface area contributed by atoms with Gasteiger partial charge in [-0.15, -0.1) is 0 Å². The van der Waals surface area contributed by atoms with Crippen molar-refractivity contribution in [3.63, 3.8) is 0 Å². The average molecular weight is 299 g/mol. The van der Waals surface area contributed by atoms with Crippen molar-refractivity contribution in [1.82, 2.24) is 15.1 Å². The normalized spacial score (nSPS) is 24.1. The number of likely N-dealkylation sites (tertiary alicyclic amines) is 1. The van der Waals surface area contributed by atoms with Gasteiger partial charge in [-0.05, 0) is 20.3 Å². The number of nitrogens with zero attached hydrogens (tertiary/aromatic N) is 2. The van der Waals surface area contributed by atoms with E-state index in [0.717, 1.165) is 39.3 Å². The van der Waals surface area contributed by atoms with E-state index in [9.17, 15) is 9.59 Å². The minimum absolute atomic E-state index is 0.139. The monoisotopic (exact) mass is 299 g/mol. The predicted molar refractivity (Wildman–Crippen MR) is 77.2 cm³/mol. The predicted octanol–water partition coefficient (Wildman–Crippen LogP) is 0.213. The van der Waals surface area contributed by atoms with Crippen molar-refractivity contribution >= 4 is 12.0 Å². The minimum Gasteiger partial charge on any atom is -0.481 e. The largest absolute Gasteiger partial charge is 0.481 e. The molecule has 120 valence electrons. The van der Waals surface area contributed by atoms with E-state index in [1.165, 1.54) is 0 Å². The zero-order valence-electron chi connectivity index (χ0n) is 12.8. The van der Waals surface area contributed by atoms with Gasteiger partial charge in [-0.3, -0.25) is 9.69 Å². The number of aliphatic carboxylic acids is 1. The maximum Gasteiger partial charge on any atom is 0.317 e. The third-order valence-electron chi connectivity index (χ3n) is 4.27. The van der Waals surface area contributed by atoms with Crippen LogP contribution in [0.2, 0.25) is 0 Å². The molecule has 1 unspecified atom stereocenters. The van der Waals surface area contributed by atoms with Crippen molar-refractivity contribution in [3.05, 3.63) is 0 Å². The van der Waals surface area contributed by atoms with Gasteiger partial charge in [0.2, 0.25) is 0 Å². The van der Waals surface area contributed by atoms with Gasteiger partial charge in [0.15, 0.2) is 0 Å². The second-order valence-electron chi connectivity index (χ2n) is 6.38. The van der Waals surface area contributed by atoms with E-state index in [1.54, 1.807) is 18.7 Å². The van der Waals surface area contributed by atoms with Gasteiger partial charge in [0.05, 0.1) is 18.6 Å². The molecule has 0 bridgehead atoms. The Kier molecular flexibility index (Phi) is 5.05. The van der Waals surface area contributed by atoms with E-state index in [-0.39, 0.29) is 12.6 Å². The van der Waals surface area contributed by atoms with Gasteiger partial charge in [0, 0.05) is 38.8 Å². The first kappa shape index (κ1) is 16.0. The van der Waals surface area contributed by atoms with Gasteiger partial charge in [-0.1, -0.05) is 0 Å². The molecular weight excluding hydrogens is 274 g/mol. The van der Waals surface area contributed by atoms with Crippen LogP contribution in [0.25, 0.3) is 0 Å². The summed E-state index contributed by atoms with van der Waals surface area (Å²) in [5, 5.41) is 11.8. The molecule has 2 fully saturated rings. The summed E-state index contributed by atoms with van der Waals surface area (Å²) in [5.74, 6) is -0.907. The first-order chi connectivity index (χ1) is 9.90. The van der Waals surface area contributed by atoms with E-state index in [2.05, 4.69) is 10.2 Å². The van der Waals surface area contributed by atoms with Crippen LogP contribution in [0.5, 0.6) is 0 Å². The smallest absolute Gasteiger partial charge is 0.317 e. The number of hydrogen-bond acceptors (Lipinski definition) is 4. The van der Waals surface area contributed by atoms with Gasteiger partial charge < -0.3 is 20.1 Å². The Bertz CT molecular complexity index is 394. The Morgan fingerprint density at radius 3 is 2.57 bits per heavy atom. The molecule has 0 aromatic rings. The van der Waals surface area contributed by atoms with Crippen molar-refractivity contribution in [2.24, 2.45) is 5.41 Å². The summed E-state index contributed by atoms with van der Waals surface area (Å²) < 4.78 is 5.34. The van der Waals surface area contributed by atoms with Gasteiger partial charge in [-0.25, -0.2) is 4.79 Å². The fourth-order valence-electron chi connectivity index (χ4n) is 2.65. The Hall–Kier alpha value is -1.34. The Morgan fingerprint density at radius 1 is 1.29 bits per heavy atom. The van der Waals surface area contributed by atoms with Crippen LogP contribution in [0.15, 0.2) is 0 Å². The first-order valence-electron chi connectivity index (χ1n) is 7.48. The lowest BCUT2D eigenvalue weighted by atomic mass is 9.94. The summed E-state index contributed by atoms with van der Waals surface area (Å²) in [4.78, 5) is 27.3. The molecule has 0 radical (unpaired) electrons. The molecule has 2 amide bonds. The van der Waals surface area contributed by atoms with Crippen LogP contribution in [-0.2, 0) is 9.53 Å². The number of carbonyl (C=O) groups is 2. The Labute approximate surface area is 125 Å². The number of amides is 2. The highest BCUT2D eigenvalue weighted by Crippen LogP contribution is 2.18. The highest BCUT2D eigenvalue weighted by Gasteiger charge is 2.33. The van der Waals surface area contributed by atoms with E-state index >= 15 is 0 Å². The van der Waals surface area contributed by atoms with Crippen molar-refractivity contribution in [2.75, 3.05) is 45.9 Å². The molecule has 2 N–H and O–H groups in total. The fourth-order valence-corrected chi connectivity index (χ4v) is 2.65. The summed E-state index contributed by atoms with van der Waals surface area (Å²) in [6.45, 7) is 8.15. The van der Waals surface area contributed by atoms with Gasteiger partial charge >= 0.3 is 12.0 Å².